The number of anilines is 3. The summed E-state index contributed by atoms with van der Waals surface area (Å²) in [5.74, 6) is -1.30. The summed E-state index contributed by atoms with van der Waals surface area (Å²) in [5, 5.41) is 18.1. The van der Waals surface area contributed by atoms with Crippen LogP contribution in [0.15, 0.2) is 59.4 Å². The highest BCUT2D eigenvalue weighted by Gasteiger charge is 2.34. The van der Waals surface area contributed by atoms with E-state index in [0.717, 1.165) is 18.4 Å². The van der Waals surface area contributed by atoms with Gasteiger partial charge in [-0.1, -0.05) is 0 Å². The number of hydrogen-bond acceptors (Lipinski definition) is 6. The molecular weight excluding hydrogens is 445 g/mol. The minimum atomic E-state index is -4.76. The fourth-order valence-electron chi connectivity index (χ4n) is 2.88. The van der Waals surface area contributed by atoms with Crippen molar-refractivity contribution in [2.75, 3.05) is 22.5 Å². The molecule has 1 heterocycles. The fraction of sp³-hybridized carbons (Fsp3) is 0.143. The van der Waals surface area contributed by atoms with Crippen molar-refractivity contribution in [3.8, 4) is 0 Å². The van der Waals surface area contributed by atoms with Crippen molar-refractivity contribution < 1.29 is 32.1 Å². The van der Waals surface area contributed by atoms with Crippen molar-refractivity contribution in [2.24, 2.45) is 0 Å². The van der Waals surface area contributed by atoms with Gasteiger partial charge in [0.15, 0.2) is 0 Å². The molecule has 172 valence electrons. The molecule has 0 aliphatic heterocycles. The maximum absolute atomic E-state index is 13.5. The molecule has 3 rings (SSSR count). The van der Waals surface area contributed by atoms with Crippen molar-refractivity contribution >= 4 is 34.6 Å². The van der Waals surface area contributed by atoms with Gasteiger partial charge in [-0.05, 0) is 42.8 Å². The van der Waals surface area contributed by atoms with Crippen LogP contribution in [-0.2, 0) is 11.0 Å². The number of nitrogens with one attached hydrogen (secondary N) is 3. The van der Waals surface area contributed by atoms with Gasteiger partial charge < -0.3 is 20.4 Å². The van der Waals surface area contributed by atoms with Gasteiger partial charge in [0.25, 0.3) is 11.6 Å². The van der Waals surface area contributed by atoms with Crippen LogP contribution in [0.3, 0.4) is 0 Å². The van der Waals surface area contributed by atoms with Crippen LogP contribution in [-0.4, -0.2) is 23.3 Å². The first-order valence-corrected chi connectivity index (χ1v) is 9.38. The van der Waals surface area contributed by atoms with Gasteiger partial charge in [-0.15, -0.1) is 0 Å². The summed E-state index contributed by atoms with van der Waals surface area (Å²) in [6.45, 7) is 1.05. The van der Waals surface area contributed by atoms with Crippen LogP contribution in [0.4, 0.5) is 35.9 Å². The summed E-state index contributed by atoms with van der Waals surface area (Å²) in [6.07, 6.45) is -2.35. The lowest BCUT2D eigenvalue weighted by Gasteiger charge is -2.16. The Kier molecular flexibility index (Phi) is 6.66. The smallest absolute Gasteiger partial charge is 0.418 e. The quantitative estimate of drug-likeness (QED) is 0.341. The fourth-order valence-corrected chi connectivity index (χ4v) is 2.88. The standard InChI is InChI=1S/C21H17F3N4O5/c1-12-8-15(28(31)32)3-5-17(12)27-19(29)10-25-18-4-2-14(9-16(18)21(22,23)24)26-20(30)13-6-7-33-11-13/h2-9,11,25H,10H2,1H3,(H,26,30)(H,27,29). The molecule has 0 radical (unpaired) electrons. The van der Waals surface area contributed by atoms with Crippen molar-refractivity contribution in [2.45, 2.75) is 13.1 Å². The van der Waals surface area contributed by atoms with Gasteiger partial charge >= 0.3 is 6.18 Å². The molecule has 0 bridgehead atoms. The average Bonchev–Trinajstić information content (AvgIpc) is 3.28. The number of amides is 2. The highest BCUT2D eigenvalue weighted by Crippen LogP contribution is 2.36. The molecule has 0 atom stereocenters. The third-order valence-electron chi connectivity index (χ3n) is 4.50. The lowest BCUT2D eigenvalue weighted by Crippen LogP contribution is -2.23. The zero-order chi connectivity index (χ0) is 24.2. The number of aryl methyl sites for hydroxylation is 1. The minimum Gasteiger partial charge on any atom is -0.472 e. The molecule has 3 N–H and O–H groups in total. The Labute approximate surface area is 184 Å². The summed E-state index contributed by atoms with van der Waals surface area (Å²) in [7, 11) is 0. The molecule has 3 aromatic rings. The van der Waals surface area contributed by atoms with Crippen molar-refractivity contribution in [3.05, 3.63) is 81.8 Å². The number of furan rings is 1. The van der Waals surface area contributed by atoms with E-state index in [-0.39, 0.29) is 22.6 Å². The van der Waals surface area contributed by atoms with Gasteiger partial charge in [0.1, 0.15) is 6.26 Å². The SMILES string of the molecule is Cc1cc([N+](=O)[O-])ccc1NC(=O)CNc1ccc(NC(=O)c2ccoc2)cc1C(F)(F)F. The zero-order valence-corrected chi connectivity index (χ0v) is 17.0. The highest BCUT2D eigenvalue weighted by atomic mass is 19.4. The second kappa shape index (κ2) is 9.42. The maximum atomic E-state index is 13.5. The van der Waals surface area contributed by atoms with Crippen LogP contribution in [0.25, 0.3) is 0 Å². The highest BCUT2D eigenvalue weighted by molar-refractivity contribution is 6.04. The van der Waals surface area contributed by atoms with E-state index < -0.39 is 35.0 Å². The number of nitro groups is 1. The first-order valence-electron chi connectivity index (χ1n) is 9.38. The molecule has 0 aliphatic carbocycles. The number of carbonyl (C=O) groups is 2. The number of carbonyl (C=O) groups excluding carboxylic acids is 2. The second-order valence-corrected chi connectivity index (χ2v) is 6.88. The summed E-state index contributed by atoms with van der Waals surface area (Å²) in [6, 6.07) is 8.27. The number of benzene rings is 2. The Bertz CT molecular complexity index is 1190. The van der Waals surface area contributed by atoms with E-state index in [9.17, 15) is 32.9 Å². The molecule has 0 fully saturated rings. The third kappa shape index (κ3) is 5.87. The molecule has 0 saturated carbocycles. The van der Waals surface area contributed by atoms with Crippen LogP contribution >= 0.6 is 0 Å². The van der Waals surface area contributed by atoms with E-state index >= 15 is 0 Å². The van der Waals surface area contributed by atoms with E-state index in [1.165, 1.54) is 36.6 Å². The lowest BCUT2D eigenvalue weighted by atomic mass is 10.1. The van der Waals surface area contributed by atoms with Crippen molar-refractivity contribution in [3.63, 3.8) is 0 Å². The van der Waals surface area contributed by atoms with Gasteiger partial charge in [0, 0.05) is 29.2 Å². The minimum absolute atomic E-state index is 0.0926. The number of nitrogens with zero attached hydrogens (tertiary/aromatic N) is 1. The number of non-ortho nitro benzene ring substituents is 1. The van der Waals surface area contributed by atoms with E-state index in [1.54, 1.807) is 6.92 Å². The van der Waals surface area contributed by atoms with Gasteiger partial charge in [-0.2, -0.15) is 13.2 Å². The normalized spacial score (nSPS) is 11.0. The Morgan fingerprint density at radius 3 is 2.39 bits per heavy atom. The van der Waals surface area contributed by atoms with E-state index in [4.69, 9.17) is 4.42 Å². The monoisotopic (exact) mass is 462 g/mol. The van der Waals surface area contributed by atoms with Crippen molar-refractivity contribution in [1.29, 1.82) is 0 Å². The van der Waals surface area contributed by atoms with Gasteiger partial charge in [-0.3, -0.25) is 19.7 Å². The van der Waals surface area contributed by atoms with Crippen LogP contribution in [0.1, 0.15) is 21.5 Å². The van der Waals surface area contributed by atoms with Gasteiger partial charge in [0.2, 0.25) is 5.91 Å². The molecule has 2 amide bonds. The molecular formula is C21H17F3N4O5. The Morgan fingerprint density at radius 2 is 1.79 bits per heavy atom. The largest absolute Gasteiger partial charge is 0.472 e. The summed E-state index contributed by atoms with van der Waals surface area (Å²) >= 11 is 0. The molecule has 1 aromatic heterocycles. The molecule has 0 saturated heterocycles. The third-order valence-corrected chi connectivity index (χ3v) is 4.50. The maximum Gasteiger partial charge on any atom is 0.418 e. The van der Waals surface area contributed by atoms with Crippen molar-refractivity contribution in [1.82, 2.24) is 0 Å². The zero-order valence-electron chi connectivity index (χ0n) is 17.0. The van der Waals surface area contributed by atoms with Crippen LogP contribution in [0.2, 0.25) is 0 Å². The van der Waals surface area contributed by atoms with Crippen LogP contribution in [0.5, 0.6) is 0 Å². The molecule has 0 spiro atoms. The molecule has 33 heavy (non-hydrogen) atoms. The van der Waals surface area contributed by atoms with Crippen LogP contribution < -0.4 is 16.0 Å². The van der Waals surface area contributed by atoms with E-state index in [0.29, 0.717) is 11.3 Å². The predicted molar refractivity (Wildman–Crippen MR) is 113 cm³/mol. The van der Waals surface area contributed by atoms with E-state index in [2.05, 4.69) is 16.0 Å². The second-order valence-electron chi connectivity index (χ2n) is 6.88. The molecule has 12 heteroatoms. The van der Waals surface area contributed by atoms with Crippen LogP contribution in [0, 0.1) is 17.0 Å². The predicted octanol–water partition coefficient (Wildman–Crippen LogP) is 4.82. The molecule has 2 aromatic carbocycles. The first-order chi connectivity index (χ1) is 15.5. The lowest BCUT2D eigenvalue weighted by molar-refractivity contribution is -0.384. The topological polar surface area (TPSA) is 127 Å². The summed E-state index contributed by atoms with van der Waals surface area (Å²) < 4.78 is 45.4. The average molecular weight is 462 g/mol. The van der Waals surface area contributed by atoms with E-state index in [1.807, 2.05) is 0 Å². The molecule has 9 nitrogen and oxygen atoms in total. The number of alkyl halides is 3. The Morgan fingerprint density at radius 1 is 1.06 bits per heavy atom. The number of nitro benzene ring substituents is 1. The Balaban J connectivity index is 1.70. The number of hydrogen-bond donors (Lipinski definition) is 3. The number of rotatable bonds is 7. The first kappa shape index (κ1) is 23.3. The molecule has 0 unspecified atom stereocenters. The van der Waals surface area contributed by atoms with Gasteiger partial charge in [-0.25, -0.2) is 0 Å². The summed E-state index contributed by atoms with van der Waals surface area (Å²) in [4.78, 5) is 34.5. The number of halogens is 3. The summed E-state index contributed by atoms with van der Waals surface area (Å²) in [5.41, 5.74) is -0.828. The van der Waals surface area contributed by atoms with Gasteiger partial charge in [0.05, 0.1) is 28.9 Å². The molecule has 0 aliphatic rings. The Hall–Kier alpha value is -4.35.